The van der Waals surface area contributed by atoms with Gasteiger partial charge in [-0.1, -0.05) is 0 Å². The predicted molar refractivity (Wildman–Crippen MR) is 104 cm³/mol. The maximum absolute atomic E-state index is 12.8. The third kappa shape index (κ3) is 2.73. The zero-order valence-corrected chi connectivity index (χ0v) is 15.6. The van der Waals surface area contributed by atoms with Crippen molar-refractivity contribution in [3.8, 4) is 0 Å². The van der Waals surface area contributed by atoms with E-state index in [-0.39, 0.29) is 5.91 Å². The molecule has 0 aliphatic heterocycles. The molecule has 2 N–H and O–H groups in total. The molecule has 1 aromatic carbocycles. The van der Waals surface area contributed by atoms with Crippen LogP contribution in [0.25, 0.3) is 21.3 Å². The average molecular weight is 380 g/mol. The number of H-pyrrole nitrogens is 1. The summed E-state index contributed by atoms with van der Waals surface area (Å²) in [4.78, 5) is 37.5. The Bertz CT molecular complexity index is 1280. The number of aryl methyl sites for hydroxylation is 2. The van der Waals surface area contributed by atoms with Crippen LogP contribution in [0.15, 0.2) is 27.4 Å². The van der Waals surface area contributed by atoms with Crippen molar-refractivity contribution < 1.29 is 9.21 Å². The molecule has 1 aliphatic carbocycles. The van der Waals surface area contributed by atoms with Crippen LogP contribution in [0, 0.1) is 13.8 Å². The van der Waals surface area contributed by atoms with Crippen LogP contribution < -0.4 is 11.1 Å². The second-order valence-corrected chi connectivity index (χ2v) is 7.86. The minimum Gasteiger partial charge on any atom is -0.408 e. The van der Waals surface area contributed by atoms with E-state index in [1.54, 1.807) is 18.2 Å². The topological polar surface area (TPSA) is 101 Å². The fourth-order valence-corrected chi connectivity index (χ4v) is 4.45. The number of rotatable bonds is 3. The Morgan fingerprint density at radius 1 is 1.30 bits per heavy atom. The zero-order chi connectivity index (χ0) is 18.7. The SMILES string of the molecule is Cc1nc(C2CC2)nc2sc(C(=O)Nc3ccc4oc(=O)[nH]c4c3)c(C)c12. The number of anilines is 1. The first-order valence-electron chi connectivity index (χ1n) is 8.71. The fourth-order valence-electron chi connectivity index (χ4n) is 3.32. The minimum absolute atomic E-state index is 0.201. The molecule has 1 fully saturated rings. The average Bonchev–Trinajstić information content (AvgIpc) is 3.32. The van der Waals surface area contributed by atoms with E-state index in [0.29, 0.717) is 27.6 Å². The normalized spacial score (nSPS) is 14.1. The molecule has 3 aromatic heterocycles. The maximum atomic E-state index is 12.8. The van der Waals surface area contributed by atoms with Gasteiger partial charge in [0.25, 0.3) is 5.91 Å². The van der Waals surface area contributed by atoms with Gasteiger partial charge in [-0.05, 0) is 50.5 Å². The van der Waals surface area contributed by atoms with E-state index in [4.69, 9.17) is 4.42 Å². The Balaban J connectivity index is 1.51. The van der Waals surface area contributed by atoms with Gasteiger partial charge in [-0.25, -0.2) is 14.8 Å². The summed E-state index contributed by atoms with van der Waals surface area (Å²) in [5.74, 6) is 0.640. The lowest BCUT2D eigenvalue weighted by Crippen LogP contribution is -2.11. The highest BCUT2D eigenvalue weighted by molar-refractivity contribution is 7.20. The van der Waals surface area contributed by atoms with Crippen molar-refractivity contribution >= 4 is 44.2 Å². The second-order valence-electron chi connectivity index (χ2n) is 6.86. The summed E-state index contributed by atoms with van der Waals surface area (Å²) in [6.07, 6.45) is 2.28. The Morgan fingerprint density at radius 3 is 2.89 bits per heavy atom. The number of hydrogen-bond acceptors (Lipinski definition) is 6. The molecule has 1 aliphatic rings. The van der Waals surface area contributed by atoms with E-state index in [9.17, 15) is 9.59 Å². The summed E-state index contributed by atoms with van der Waals surface area (Å²) in [5.41, 5.74) is 3.40. The molecule has 1 amide bonds. The van der Waals surface area contributed by atoms with Gasteiger partial charge in [-0.3, -0.25) is 9.78 Å². The number of oxazole rings is 1. The predicted octanol–water partition coefficient (Wildman–Crippen LogP) is 3.87. The zero-order valence-electron chi connectivity index (χ0n) is 14.8. The Morgan fingerprint density at radius 2 is 2.11 bits per heavy atom. The van der Waals surface area contributed by atoms with Gasteiger partial charge in [0.05, 0.1) is 16.1 Å². The molecule has 0 saturated heterocycles. The van der Waals surface area contributed by atoms with Crippen molar-refractivity contribution in [2.24, 2.45) is 0 Å². The first kappa shape index (κ1) is 16.2. The molecule has 8 heteroatoms. The van der Waals surface area contributed by atoms with Gasteiger partial charge in [-0.15, -0.1) is 11.3 Å². The van der Waals surface area contributed by atoms with Crippen LogP contribution in [-0.2, 0) is 0 Å². The number of aromatic nitrogens is 3. The van der Waals surface area contributed by atoms with Crippen molar-refractivity contribution in [1.29, 1.82) is 0 Å². The highest BCUT2D eigenvalue weighted by Gasteiger charge is 2.28. The molecule has 0 bridgehead atoms. The molecule has 0 spiro atoms. The standard InChI is InChI=1S/C19H16N4O3S/c1-8-14-9(2)20-16(10-3-4-10)23-18(14)27-15(8)17(24)21-11-5-6-13-12(7-11)22-19(25)26-13/h5-7,10H,3-4H2,1-2H3,(H,21,24)(H,22,25). The number of hydrogen-bond donors (Lipinski definition) is 2. The van der Waals surface area contributed by atoms with E-state index in [2.05, 4.69) is 20.3 Å². The van der Waals surface area contributed by atoms with Crippen LogP contribution in [0.4, 0.5) is 5.69 Å². The molecule has 3 heterocycles. The molecular weight excluding hydrogens is 364 g/mol. The van der Waals surface area contributed by atoms with Crippen LogP contribution in [0.3, 0.4) is 0 Å². The maximum Gasteiger partial charge on any atom is 0.417 e. The van der Waals surface area contributed by atoms with E-state index < -0.39 is 5.76 Å². The molecule has 0 atom stereocenters. The summed E-state index contributed by atoms with van der Waals surface area (Å²) in [6, 6.07) is 5.03. The number of thiophene rings is 1. The molecule has 136 valence electrons. The number of carbonyl (C=O) groups is 1. The van der Waals surface area contributed by atoms with E-state index in [1.165, 1.54) is 11.3 Å². The fraction of sp³-hybridized carbons (Fsp3) is 0.263. The number of benzene rings is 1. The molecule has 27 heavy (non-hydrogen) atoms. The molecule has 5 rings (SSSR count). The number of amides is 1. The lowest BCUT2D eigenvalue weighted by molar-refractivity contribution is 0.103. The lowest BCUT2D eigenvalue weighted by Gasteiger charge is -2.04. The van der Waals surface area contributed by atoms with Gasteiger partial charge in [0, 0.05) is 17.0 Å². The number of fused-ring (bicyclic) bond motifs is 2. The summed E-state index contributed by atoms with van der Waals surface area (Å²) in [7, 11) is 0. The van der Waals surface area contributed by atoms with Crippen LogP contribution in [0.5, 0.6) is 0 Å². The number of carbonyl (C=O) groups excluding carboxylic acids is 1. The molecular formula is C19H16N4O3S. The van der Waals surface area contributed by atoms with Crippen LogP contribution >= 0.6 is 11.3 Å². The molecule has 0 radical (unpaired) electrons. The van der Waals surface area contributed by atoms with E-state index in [1.807, 2.05) is 13.8 Å². The molecule has 1 saturated carbocycles. The minimum atomic E-state index is -0.519. The lowest BCUT2D eigenvalue weighted by atomic mass is 10.1. The Labute approximate surface area is 157 Å². The van der Waals surface area contributed by atoms with Crippen molar-refractivity contribution in [2.45, 2.75) is 32.6 Å². The van der Waals surface area contributed by atoms with E-state index in [0.717, 1.165) is 40.1 Å². The Hall–Kier alpha value is -3.00. The van der Waals surface area contributed by atoms with Crippen molar-refractivity contribution in [3.05, 3.63) is 50.7 Å². The van der Waals surface area contributed by atoms with Gasteiger partial charge in [0.2, 0.25) is 0 Å². The summed E-state index contributed by atoms with van der Waals surface area (Å²) in [6.45, 7) is 3.90. The van der Waals surface area contributed by atoms with Crippen molar-refractivity contribution in [3.63, 3.8) is 0 Å². The van der Waals surface area contributed by atoms with Crippen LogP contribution in [0.1, 0.15) is 45.5 Å². The summed E-state index contributed by atoms with van der Waals surface area (Å²) < 4.78 is 4.98. The quantitative estimate of drug-likeness (QED) is 0.562. The first-order chi connectivity index (χ1) is 13.0. The second kappa shape index (κ2) is 5.75. The molecule has 4 aromatic rings. The third-order valence-electron chi connectivity index (χ3n) is 4.81. The summed E-state index contributed by atoms with van der Waals surface area (Å²) >= 11 is 1.39. The number of aromatic amines is 1. The van der Waals surface area contributed by atoms with Gasteiger partial charge in [-0.2, -0.15) is 0 Å². The number of nitrogens with zero attached hydrogens (tertiary/aromatic N) is 2. The third-order valence-corrected chi connectivity index (χ3v) is 6.00. The van der Waals surface area contributed by atoms with Crippen LogP contribution in [-0.4, -0.2) is 20.9 Å². The molecule has 0 unspecified atom stereocenters. The van der Waals surface area contributed by atoms with E-state index >= 15 is 0 Å². The van der Waals surface area contributed by atoms with Gasteiger partial charge < -0.3 is 9.73 Å². The van der Waals surface area contributed by atoms with Crippen molar-refractivity contribution in [2.75, 3.05) is 5.32 Å². The van der Waals surface area contributed by atoms with Gasteiger partial charge in [0.1, 0.15) is 10.7 Å². The first-order valence-corrected chi connectivity index (χ1v) is 9.53. The van der Waals surface area contributed by atoms with Crippen molar-refractivity contribution in [1.82, 2.24) is 15.0 Å². The highest BCUT2D eigenvalue weighted by atomic mass is 32.1. The smallest absolute Gasteiger partial charge is 0.408 e. The van der Waals surface area contributed by atoms with Gasteiger partial charge >= 0.3 is 5.76 Å². The summed E-state index contributed by atoms with van der Waals surface area (Å²) in [5, 5.41) is 3.85. The van der Waals surface area contributed by atoms with Gasteiger partial charge in [0.15, 0.2) is 5.58 Å². The monoisotopic (exact) mass is 380 g/mol. The largest absolute Gasteiger partial charge is 0.417 e. The van der Waals surface area contributed by atoms with Crippen LogP contribution in [0.2, 0.25) is 0 Å². The number of nitrogens with one attached hydrogen (secondary N) is 2. The Kier molecular flexibility index (Phi) is 3.45. The highest BCUT2D eigenvalue weighted by Crippen LogP contribution is 2.40. The molecule has 7 nitrogen and oxygen atoms in total.